The predicted octanol–water partition coefficient (Wildman–Crippen LogP) is 3.32. The molecule has 1 heterocycles. The topological polar surface area (TPSA) is 63.8 Å². The fourth-order valence-electron chi connectivity index (χ4n) is 2.09. The average Bonchev–Trinajstić information content (AvgIpc) is 2.46. The molecule has 0 unspecified atom stereocenters. The van der Waals surface area contributed by atoms with Gasteiger partial charge in [-0.2, -0.15) is 13.2 Å². The highest BCUT2D eigenvalue weighted by Crippen LogP contribution is 2.36. The Labute approximate surface area is 120 Å². The van der Waals surface area contributed by atoms with Crippen molar-refractivity contribution in [3.05, 3.63) is 41.1 Å². The third-order valence-corrected chi connectivity index (χ3v) is 3.19. The number of rotatable bonds is 3. The highest BCUT2D eigenvalue weighted by atomic mass is 19.4. The van der Waals surface area contributed by atoms with Gasteiger partial charge >= 0.3 is 6.18 Å². The maximum atomic E-state index is 13.1. The van der Waals surface area contributed by atoms with Crippen LogP contribution in [-0.4, -0.2) is 9.97 Å². The lowest BCUT2D eigenvalue weighted by Gasteiger charge is -2.14. The van der Waals surface area contributed by atoms with Gasteiger partial charge in [0.1, 0.15) is 5.82 Å². The van der Waals surface area contributed by atoms with Crippen molar-refractivity contribution in [3.8, 4) is 11.4 Å². The number of benzene rings is 1. The van der Waals surface area contributed by atoms with E-state index in [1.54, 1.807) is 6.92 Å². The van der Waals surface area contributed by atoms with Gasteiger partial charge in [0.05, 0.1) is 5.56 Å². The zero-order valence-corrected chi connectivity index (χ0v) is 11.6. The van der Waals surface area contributed by atoms with Crippen LogP contribution >= 0.6 is 0 Å². The molecule has 0 saturated carbocycles. The lowest BCUT2D eigenvalue weighted by molar-refractivity contribution is -0.137. The van der Waals surface area contributed by atoms with E-state index >= 15 is 0 Å². The molecule has 0 aliphatic heterocycles. The Balaban J connectivity index is 2.68. The molecule has 3 N–H and O–H groups in total. The number of halogens is 3. The summed E-state index contributed by atoms with van der Waals surface area (Å²) >= 11 is 0. The second kappa shape index (κ2) is 5.69. The van der Waals surface area contributed by atoms with Crippen LogP contribution in [0.5, 0.6) is 0 Å². The number of hydrogen-bond donors (Lipinski definition) is 2. The molecular weight excluding hydrogens is 281 g/mol. The Morgan fingerprint density at radius 3 is 2.43 bits per heavy atom. The molecule has 112 valence electrons. The zero-order chi connectivity index (χ0) is 15.6. The van der Waals surface area contributed by atoms with E-state index in [1.807, 2.05) is 6.92 Å². The second-order valence-electron chi connectivity index (χ2n) is 4.51. The molecule has 2 rings (SSSR count). The van der Waals surface area contributed by atoms with Gasteiger partial charge in [-0.15, -0.1) is 0 Å². The Morgan fingerprint density at radius 1 is 1.19 bits per heavy atom. The van der Waals surface area contributed by atoms with E-state index in [0.29, 0.717) is 17.9 Å². The van der Waals surface area contributed by atoms with Gasteiger partial charge in [0, 0.05) is 16.8 Å². The van der Waals surface area contributed by atoms with Gasteiger partial charge in [-0.05, 0) is 19.4 Å². The van der Waals surface area contributed by atoms with Crippen LogP contribution in [0.1, 0.15) is 23.7 Å². The van der Waals surface area contributed by atoms with Crippen LogP contribution < -0.4 is 11.3 Å². The van der Waals surface area contributed by atoms with Crippen molar-refractivity contribution in [1.82, 2.24) is 9.97 Å². The third kappa shape index (κ3) is 2.97. The zero-order valence-electron chi connectivity index (χ0n) is 11.6. The van der Waals surface area contributed by atoms with Gasteiger partial charge < -0.3 is 5.43 Å². The van der Waals surface area contributed by atoms with E-state index < -0.39 is 11.7 Å². The van der Waals surface area contributed by atoms with E-state index in [1.165, 1.54) is 18.2 Å². The molecule has 0 bridgehead atoms. The van der Waals surface area contributed by atoms with Gasteiger partial charge in [0.2, 0.25) is 0 Å². The van der Waals surface area contributed by atoms with E-state index in [0.717, 1.165) is 11.6 Å². The molecule has 0 atom stereocenters. The standard InChI is InChI=1S/C14H15F3N4/c1-3-11-8(2)12(21-18)20-13(19-11)9-6-4-5-7-10(9)14(15,16)17/h4-7H,3,18H2,1-2H3,(H,19,20,21). The lowest BCUT2D eigenvalue weighted by atomic mass is 10.1. The third-order valence-electron chi connectivity index (χ3n) is 3.19. The SMILES string of the molecule is CCc1nc(-c2ccccc2C(F)(F)F)nc(NN)c1C. The quantitative estimate of drug-likeness (QED) is 0.673. The fourth-order valence-corrected chi connectivity index (χ4v) is 2.09. The Bertz CT molecular complexity index is 628. The first-order chi connectivity index (χ1) is 9.88. The molecule has 0 aliphatic carbocycles. The van der Waals surface area contributed by atoms with Crippen molar-refractivity contribution in [3.63, 3.8) is 0 Å². The number of aromatic nitrogens is 2. The molecule has 0 aliphatic rings. The van der Waals surface area contributed by atoms with Crippen LogP contribution in [-0.2, 0) is 12.6 Å². The first-order valence-electron chi connectivity index (χ1n) is 6.39. The number of hydrogen-bond acceptors (Lipinski definition) is 4. The van der Waals surface area contributed by atoms with Crippen molar-refractivity contribution >= 4 is 5.82 Å². The fraction of sp³-hybridized carbons (Fsp3) is 0.286. The number of nitrogens with zero attached hydrogens (tertiary/aromatic N) is 2. The highest BCUT2D eigenvalue weighted by molar-refractivity contribution is 5.64. The number of nitrogens with one attached hydrogen (secondary N) is 1. The summed E-state index contributed by atoms with van der Waals surface area (Å²) in [4.78, 5) is 8.33. The van der Waals surface area contributed by atoms with Gasteiger partial charge in [-0.3, -0.25) is 0 Å². The van der Waals surface area contributed by atoms with Crippen LogP contribution in [0.2, 0.25) is 0 Å². The lowest BCUT2D eigenvalue weighted by Crippen LogP contribution is -2.14. The van der Waals surface area contributed by atoms with E-state index in [9.17, 15) is 13.2 Å². The van der Waals surface area contributed by atoms with Crippen LogP contribution in [0.15, 0.2) is 24.3 Å². The van der Waals surface area contributed by atoms with Gasteiger partial charge in [0.15, 0.2) is 5.82 Å². The highest BCUT2D eigenvalue weighted by Gasteiger charge is 2.34. The van der Waals surface area contributed by atoms with Crippen molar-refractivity contribution in [2.24, 2.45) is 5.84 Å². The number of hydrazine groups is 1. The number of nitrogen functional groups attached to an aromatic ring is 1. The molecule has 0 spiro atoms. The molecule has 1 aromatic heterocycles. The van der Waals surface area contributed by atoms with Crippen molar-refractivity contribution in [2.45, 2.75) is 26.4 Å². The predicted molar refractivity (Wildman–Crippen MR) is 74.4 cm³/mol. The number of aryl methyl sites for hydroxylation is 1. The Morgan fingerprint density at radius 2 is 1.86 bits per heavy atom. The number of alkyl halides is 3. The van der Waals surface area contributed by atoms with Gasteiger partial charge in [0.25, 0.3) is 0 Å². The van der Waals surface area contributed by atoms with Crippen LogP contribution in [0.3, 0.4) is 0 Å². The van der Waals surface area contributed by atoms with Crippen molar-refractivity contribution in [2.75, 3.05) is 5.43 Å². The monoisotopic (exact) mass is 296 g/mol. The molecular formula is C14H15F3N4. The maximum absolute atomic E-state index is 13.1. The summed E-state index contributed by atoms with van der Waals surface area (Å²) < 4.78 is 39.2. The number of anilines is 1. The first kappa shape index (κ1) is 15.2. The normalized spacial score (nSPS) is 11.5. The molecule has 0 radical (unpaired) electrons. The minimum absolute atomic E-state index is 0.0123. The first-order valence-corrected chi connectivity index (χ1v) is 6.39. The Kier molecular flexibility index (Phi) is 4.13. The van der Waals surface area contributed by atoms with Crippen molar-refractivity contribution in [1.29, 1.82) is 0 Å². The summed E-state index contributed by atoms with van der Waals surface area (Å²) in [5.74, 6) is 5.72. The van der Waals surface area contributed by atoms with Crippen LogP contribution in [0.4, 0.5) is 19.0 Å². The largest absolute Gasteiger partial charge is 0.417 e. The summed E-state index contributed by atoms with van der Waals surface area (Å²) in [7, 11) is 0. The molecule has 4 nitrogen and oxygen atoms in total. The molecule has 2 aromatic rings. The molecule has 7 heteroatoms. The smallest absolute Gasteiger partial charge is 0.308 e. The maximum Gasteiger partial charge on any atom is 0.417 e. The molecule has 0 amide bonds. The average molecular weight is 296 g/mol. The van der Waals surface area contributed by atoms with E-state index in [4.69, 9.17) is 5.84 Å². The van der Waals surface area contributed by atoms with Crippen molar-refractivity contribution < 1.29 is 13.2 Å². The van der Waals surface area contributed by atoms with E-state index in [2.05, 4.69) is 15.4 Å². The molecule has 0 fully saturated rings. The number of nitrogens with two attached hydrogens (primary N) is 1. The summed E-state index contributed by atoms with van der Waals surface area (Å²) in [5, 5.41) is 0. The minimum Gasteiger partial charge on any atom is -0.308 e. The summed E-state index contributed by atoms with van der Waals surface area (Å²) in [6.07, 6.45) is -3.89. The molecule has 21 heavy (non-hydrogen) atoms. The summed E-state index contributed by atoms with van der Waals surface area (Å²) in [6, 6.07) is 5.23. The summed E-state index contributed by atoms with van der Waals surface area (Å²) in [5.41, 5.74) is 2.97. The molecule has 0 saturated heterocycles. The summed E-state index contributed by atoms with van der Waals surface area (Å²) in [6.45, 7) is 3.64. The van der Waals surface area contributed by atoms with Crippen LogP contribution in [0, 0.1) is 6.92 Å². The van der Waals surface area contributed by atoms with E-state index in [-0.39, 0.29) is 11.4 Å². The Hall–Kier alpha value is -2.15. The minimum atomic E-state index is -4.46. The van der Waals surface area contributed by atoms with Crippen LogP contribution in [0.25, 0.3) is 11.4 Å². The second-order valence-corrected chi connectivity index (χ2v) is 4.51. The van der Waals surface area contributed by atoms with Gasteiger partial charge in [-0.1, -0.05) is 25.1 Å². The van der Waals surface area contributed by atoms with Gasteiger partial charge in [-0.25, -0.2) is 15.8 Å². The molecule has 1 aromatic carbocycles.